The first kappa shape index (κ1) is 17.6. The number of amides is 2. The van der Waals surface area contributed by atoms with Gasteiger partial charge in [0.15, 0.2) is 0 Å². The largest absolute Gasteiger partial charge is 0.368 e. The van der Waals surface area contributed by atoms with Gasteiger partial charge in [-0.05, 0) is 42.7 Å². The molecule has 0 fully saturated rings. The van der Waals surface area contributed by atoms with Crippen molar-refractivity contribution < 1.29 is 9.59 Å². The highest BCUT2D eigenvalue weighted by Gasteiger charge is 2.22. The number of primary amides is 1. The third-order valence-electron chi connectivity index (χ3n) is 4.58. The molecule has 0 aliphatic rings. The van der Waals surface area contributed by atoms with Crippen molar-refractivity contribution in [2.75, 3.05) is 0 Å². The lowest BCUT2D eigenvalue weighted by Crippen LogP contribution is -2.46. The van der Waals surface area contributed by atoms with Crippen molar-refractivity contribution in [1.29, 1.82) is 0 Å². The van der Waals surface area contributed by atoms with Crippen LogP contribution in [0.2, 0.25) is 0 Å². The number of carbonyl (C=O) groups excluding carboxylic acids is 2. The van der Waals surface area contributed by atoms with Crippen LogP contribution < -0.4 is 11.1 Å². The first-order valence-corrected chi connectivity index (χ1v) is 8.46. The first-order valence-electron chi connectivity index (χ1n) is 8.46. The number of nitrogens with one attached hydrogen (secondary N) is 1. The van der Waals surface area contributed by atoms with Crippen LogP contribution in [0, 0.1) is 13.8 Å². The average Bonchev–Trinajstić information content (AvgIpc) is 2.63. The molecular weight excluding hydrogens is 326 g/mol. The fourth-order valence-corrected chi connectivity index (χ4v) is 3.12. The van der Waals surface area contributed by atoms with E-state index in [0.29, 0.717) is 17.5 Å². The van der Waals surface area contributed by atoms with Crippen molar-refractivity contribution in [3.05, 3.63) is 77.0 Å². The fourth-order valence-electron chi connectivity index (χ4n) is 3.12. The average molecular weight is 347 g/mol. The van der Waals surface area contributed by atoms with Gasteiger partial charge in [-0.15, -0.1) is 0 Å². The standard InChI is InChI=1S/C21H21N3O2/c1-13-6-3-7-14(2)17(13)12-18(20(22)25)24-21(26)16-10-4-8-15-9-5-11-23-19(15)16/h3-11,18H,12H2,1-2H3,(H2,22,25)(H,24,26)/t18-/m1/s1. The number of hydrogen-bond acceptors (Lipinski definition) is 3. The number of aryl methyl sites for hydroxylation is 2. The molecule has 1 atom stereocenters. The third kappa shape index (κ3) is 3.57. The Labute approximate surface area is 152 Å². The zero-order valence-electron chi connectivity index (χ0n) is 14.8. The number of pyridine rings is 1. The minimum Gasteiger partial charge on any atom is -0.368 e. The maximum Gasteiger partial charge on any atom is 0.254 e. The Morgan fingerprint density at radius 1 is 1.04 bits per heavy atom. The summed E-state index contributed by atoms with van der Waals surface area (Å²) in [5.41, 5.74) is 9.74. The SMILES string of the molecule is Cc1cccc(C)c1C[C@@H](NC(=O)c1cccc2cccnc12)C(N)=O. The molecule has 3 aromatic rings. The van der Waals surface area contributed by atoms with E-state index >= 15 is 0 Å². The van der Waals surface area contributed by atoms with Gasteiger partial charge in [0.25, 0.3) is 5.91 Å². The van der Waals surface area contributed by atoms with E-state index < -0.39 is 11.9 Å². The molecule has 1 aromatic heterocycles. The van der Waals surface area contributed by atoms with Crippen LogP contribution in [-0.2, 0) is 11.2 Å². The molecule has 26 heavy (non-hydrogen) atoms. The summed E-state index contributed by atoms with van der Waals surface area (Å²) < 4.78 is 0. The summed E-state index contributed by atoms with van der Waals surface area (Å²) in [6, 6.07) is 14.2. The predicted octanol–water partition coefficient (Wildman–Crippen LogP) is 2.68. The zero-order valence-corrected chi connectivity index (χ0v) is 14.8. The predicted molar refractivity (Wildman–Crippen MR) is 102 cm³/mol. The number of hydrogen-bond donors (Lipinski definition) is 2. The van der Waals surface area contributed by atoms with Gasteiger partial charge in [0.1, 0.15) is 6.04 Å². The van der Waals surface area contributed by atoms with Gasteiger partial charge in [0, 0.05) is 18.0 Å². The highest BCUT2D eigenvalue weighted by Crippen LogP contribution is 2.18. The molecule has 0 aliphatic heterocycles. The number of fused-ring (bicyclic) bond motifs is 1. The van der Waals surface area contributed by atoms with Crippen LogP contribution >= 0.6 is 0 Å². The Kier molecular flexibility index (Phi) is 4.98. The summed E-state index contributed by atoms with van der Waals surface area (Å²) in [4.78, 5) is 29.0. The Bertz CT molecular complexity index is 956. The van der Waals surface area contributed by atoms with E-state index in [0.717, 1.165) is 22.1 Å². The quantitative estimate of drug-likeness (QED) is 0.744. The molecule has 2 aromatic carbocycles. The van der Waals surface area contributed by atoms with Gasteiger partial charge in [0.2, 0.25) is 5.91 Å². The van der Waals surface area contributed by atoms with Gasteiger partial charge in [0.05, 0.1) is 11.1 Å². The molecule has 3 N–H and O–H groups in total. The highest BCUT2D eigenvalue weighted by molar-refractivity contribution is 6.06. The van der Waals surface area contributed by atoms with Crippen LogP contribution in [0.4, 0.5) is 0 Å². The number of nitrogens with two attached hydrogens (primary N) is 1. The molecule has 0 spiro atoms. The lowest BCUT2D eigenvalue weighted by atomic mass is 9.96. The normalized spacial score (nSPS) is 11.9. The highest BCUT2D eigenvalue weighted by atomic mass is 16.2. The fraction of sp³-hybridized carbons (Fsp3) is 0.190. The van der Waals surface area contributed by atoms with Crippen molar-refractivity contribution >= 4 is 22.7 Å². The summed E-state index contributed by atoms with van der Waals surface area (Å²) in [6.07, 6.45) is 2.00. The summed E-state index contributed by atoms with van der Waals surface area (Å²) in [6.45, 7) is 3.97. The second-order valence-corrected chi connectivity index (χ2v) is 6.38. The van der Waals surface area contributed by atoms with Crippen LogP contribution in [0.1, 0.15) is 27.0 Å². The first-order chi connectivity index (χ1) is 12.5. The number of carbonyl (C=O) groups is 2. The molecule has 5 heteroatoms. The molecule has 0 saturated heterocycles. The van der Waals surface area contributed by atoms with Gasteiger partial charge in [-0.3, -0.25) is 14.6 Å². The molecule has 0 bridgehead atoms. The summed E-state index contributed by atoms with van der Waals surface area (Å²) in [7, 11) is 0. The van der Waals surface area contributed by atoms with Crippen molar-refractivity contribution in [1.82, 2.24) is 10.3 Å². The second-order valence-electron chi connectivity index (χ2n) is 6.38. The van der Waals surface area contributed by atoms with E-state index in [9.17, 15) is 9.59 Å². The Morgan fingerprint density at radius 2 is 1.69 bits per heavy atom. The molecule has 0 unspecified atom stereocenters. The van der Waals surface area contributed by atoms with Crippen molar-refractivity contribution in [3.63, 3.8) is 0 Å². The van der Waals surface area contributed by atoms with Crippen molar-refractivity contribution in [2.45, 2.75) is 26.3 Å². The van der Waals surface area contributed by atoms with Crippen LogP contribution in [0.15, 0.2) is 54.7 Å². The minimum atomic E-state index is -0.790. The van der Waals surface area contributed by atoms with E-state index in [1.54, 1.807) is 18.3 Å². The number of aromatic nitrogens is 1. The molecule has 2 amide bonds. The van der Waals surface area contributed by atoms with E-state index in [-0.39, 0.29) is 5.91 Å². The Morgan fingerprint density at radius 3 is 2.38 bits per heavy atom. The van der Waals surface area contributed by atoms with Gasteiger partial charge >= 0.3 is 0 Å². The van der Waals surface area contributed by atoms with Crippen molar-refractivity contribution in [2.24, 2.45) is 5.73 Å². The van der Waals surface area contributed by atoms with E-state index in [1.165, 1.54) is 0 Å². The zero-order chi connectivity index (χ0) is 18.7. The Balaban J connectivity index is 1.88. The lowest BCUT2D eigenvalue weighted by molar-refractivity contribution is -0.119. The molecule has 132 valence electrons. The molecule has 0 radical (unpaired) electrons. The number of benzene rings is 2. The van der Waals surface area contributed by atoms with Crippen LogP contribution in [0.25, 0.3) is 10.9 Å². The maximum absolute atomic E-state index is 12.8. The monoisotopic (exact) mass is 347 g/mol. The summed E-state index contributed by atoms with van der Waals surface area (Å²) >= 11 is 0. The topological polar surface area (TPSA) is 85.1 Å². The van der Waals surface area contributed by atoms with E-state index in [2.05, 4.69) is 10.3 Å². The van der Waals surface area contributed by atoms with Gasteiger partial charge in [-0.2, -0.15) is 0 Å². The molecular formula is C21H21N3O2. The summed E-state index contributed by atoms with van der Waals surface area (Å²) in [5.74, 6) is -0.918. The Hall–Kier alpha value is -3.21. The molecule has 0 aliphatic carbocycles. The number of nitrogens with zero attached hydrogens (tertiary/aromatic N) is 1. The lowest BCUT2D eigenvalue weighted by Gasteiger charge is -2.18. The van der Waals surface area contributed by atoms with Crippen LogP contribution in [0.5, 0.6) is 0 Å². The van der Waals surface area contributed by atoms with Crippen LogP contribution in [-0.4, -0.2) is 22.8 Å². The van der Waals surface area contributed by atoms with Gasteiger partial charge in [-0.25, -0.2) is 0 Å². The smallest absolute Gasteiger partial charge is 0.254 e. The van der Waals surface area contributed by atoms with Gasteiger partial charge < -0.3 is 11.1 Å². The van der Waals surface area contributed by atoms with Crippen LogP contribution in [0.3, 0.4) is 0 Å². The van der Waals surface area contributed by atoms with E-state index in [4.69, 9.17) is 5.73 Å². The minimum absolute atomic E-state index is 0.357. The molecule has 1 heterocycles. The third-order valence-corrected chi connectivity index (χ3v) is 4.58. The molecule has 3 rings (SSSR count). The number of rotatable bonds is 5. The summed E-state index contributed by atoms with van der Waals surface area (Å²) in [5, 5.41) is 3.64. The second kappa shape index (κ2) is 7.35. The number of para-hydroxylation sites is 1. The molecule has 0 saturated carbocycles. The van der Waals surface area contributed by atoms with Gasteiger partial charge in [-0.1, -0.05) is 36.4 Å². The van der Waals surface area contributed by atoms with Crippen molar-refractivity contribution in [3.8, 4) is 0 Å². The maximum atomic E-state index is 12.8. The van der Waals surface area contributed by atoms with E-state index in [1.807, 2.05) is 50.2 Å². The molecule has 5 nitrogen and oxygen atoms in total.